The number of para-hydroxylation sites is 1. The summed E-state index contributed by atoms with van der Waals surface area (Å²) in [6, 6.07) is 15.9. The number of sulfonamides is 1. The van der Waals surface area contributed by atoms with Crippen molar-refractivity contribution in [2.45, 2.75) is 44.1 Å². The molecule has 0 fully saturated rings. The first-order valence-corrected chi connectivity index (χ1v) is 9.77. The Morgan fingerprint density at radius 1 is 1.00 bits per heavy atom. The normalized spacial score (nSPS) is 12.8. The molecule has 5 heteroatoms. The lowest BCUT2D eigenvalue weighted by Gasteiger charge is -2.26. The molecule has 2 rings (SSSR count). The van der Waals surface area contributed by atoms with Crippen LogP contribution in [0.4, 0.5) is 5.69 Å². The fourth-order valence-electron chi connectivity index (χ4n) is 2.50. The van der Waals surface area contributed by atoms with Crippen LogP contribution in [0.25, 0.3) is 0 Å². The van der Waals surface area contributed by atoms with E-state index >= 15 is 0 Å². The molecule has 0 aromatic heterocycles. The minimum Gasteiger partial charge on any atom is -0.391 e. The van der Waals surface area contributed by atoms with Gasteiger partial charge in [-0.1, -0.05) is 50.6 Å². The number of aryl methyl sites for hydroxylation is 1. The lowest BCUT2D eigenvalue weighted by Crippen LogP contribution is -2.37. The molecule has 0 saturated heterocycles. The molecule has 0 spiro atoms. The third-order valence-electron chi connectivity index (χ3n) is 3.94. The molecule has 1 atom stereocenters. The second kappa shape index (κ2) is 8.31. The molecule has 0 radical (unpaired) electrons. The predicted octanol–water partition coefficient (Wildman–Crippen LogP) is 3.61. The van der Waals surface area contributed by atoms with Crippen molar-refractivity contribution in [3.63, 3.8) is 0 Å². The highest BCUT2D eigenvalue weighted by molar-refractivity contribution is 7.92. The summed E-state index contributed by atoms with van der Waals surface area (Å²) in [5.41, 5.74) is 1.68. The topological polar surface area (TPSA) is 57.6 Å². The van der Waals surface area contributed by atoms with Crippen LogP contribution in [0.5, 0.6) is 0 Å². The first-order chi connectivity index (χ1) is 11.5. The number of hydrogen-bond donors (Lipinski definition) is 1. The summed E-state index contributed by atoms with van der Waals surface area (Å²) >= 11 is 0. The largest absolute Gasteiger partial charge is 0.391 e. The highest BCUT2D eigenvalue weighted by atomic mass is 32.2. The molecule has 2 aromatic rings. The molecule has 0 aliphatic carbocycles. The molecule has 2 aromatic carbocycles. The Bertz CT molecular complexity index is 727. The predicted molar refractivity (Wildman–Crippen MR) is 97.7 cm³/mol. The third kappa shape index (κ3) is 4.36. The van der Waals surface area contributed by atoms with Crippen LogP contribution in [0.2, 0.25) is 0 Å². The maximum absolute atomic E-state index is 13.1. The van der Waals surface area contributed by atoms with Crippen molar-refractivity contribution < 1.29 is 13.5 Å². The van der Waals surface area contributed by atoms with Crippen molar-refractivity contribution in [2.75, 3.05) is 10.8 Å². The Morgan fingerprint density at radius 2 is 1.62 bits per heavy atom. The van der Waals surface area contributed by atoms with Crippen molar-refractivity contribution in [1.29, 1.82) is 0 Å². The molecule has 0 amide bonds. The molecule has 24 heavy (non-hydrogen) atoms. The van der Waals surface area contributed by atoms with Gasteiger partial charge in [-0.2, -0.15) is 0 Å². The van der Waals surface area contributed by atoms with Gasteiger partial charge in [-0.3, -0.25) is 4.31 Å². The summed E-state index contributed by atoms with van der Waals surface area (Å²) in [5, 5.41) is 10.0. The van der Waals surface area contributed by atoms with Crippen molar-refractivity contribution in [1.82, 2.24) is 0 Å². The van der Waals surface area contributed by atoms with Crippen LogP contribution in [-0.2, 0) is 16.4 Å². The minimum absolute atomic E-state index is 0.0412. The van der Waals surface area contributed by atoms with Crippen LogP contribution < -0.4 is 4.31 Å². The summed E-state index contributed by atoms with van der Waals surface area (Å²) in [5.74, 6) is 0. The van der Waals surface area contributed by atoms with Crippen LogP contribution in [0.15, 0.2) is 59.5 Å². The van der Waals surface area contributed by atoms with Gasteiger partial charge in [0, 0.05) is 0 Å². The van der Waals surface area contributed by atoms with E-state index in [-0.39, 0.29) is 11.4 Å². The van der Waals surface area contributed by atoms with Crippen molar-refractivity contribution in [3.8, 4) is 0 Å². The van der Waals surface area contributed by atoms with E-state index in [0.717, 1.165) is 18.4 Å². The van der Waals surface area contributed by atoms with E-state index in [0.29, 0.717) is 12.1 Å². The molecule has 130 valence electrons. The van der Waals surface area contributed by atoms with Crippen LogP contribution in [0.3, 0.4) is 0 Å². The highest BCUT2D eigenvalue weighted by Gasteiger charge is 2.26. The summed E-state index contributed by atoms with van der Waals surface area (Å²) in [6.45, 7) is 3.97. The Balaban J connectivity index is 2.39. The van der Waals surface area contributed by atoms with Crippen LogP contribution in [0.1, 0.15) is 32.3 Å². The van der Waals surface area contributed by atoms with Gasteiger partial charge in [-0.05, 0) is 42.7 Å². The number of anilines is 1. The molecule has 4 nitrogen and oxygen atoms in total. The monoisotopic (exact) mass is 347 g/mol. The van der Waals surface area contributed by atoms with Gasteiger partial charge >= 0.3 is 0 Å². The van der Waals surface area contributed by atoms with E-state index in [2.05, 4.69) is 6.92 Å². The standard InChI is InChI=1S/C19H25NO3S/c1-3-8-16-11-13-19(14-12-16)24(22,23)20(15-18(21)4-2)17-9-6-5-7-10-17/h5-7,9-14,18,21H,3-4,8,15H2,1-2H3. The number of hydrogen-bond acceptors (Lipinski definition) is 3. The van der Waals surface area contributed by atoms with E-state index in [4.69, 9.17) is 0 Å². The molecule has 0 aliphatic heterocycles. The van der Waals surface area contributed by atoms with Gasteiger partial charge in [0.2, 0.25) is 0 Å². The molecule has 0 heterocycles. The van der Waals surface area contributed by atoms with Crippen LogP contribution in [-0.4, -0.2) is 26.2 Å². The number of aliphatic hydroxyl groups excluding tert-OH is 1. The third-order valence-corrected chi connectivity index (χ3v) is 5.75. The van der Waals surface area contributed by atoms with Crippen LogP contribution in [0, 0.1) is 0 Å². The fourth-order valence-corrected chi connectivity index (χ4v) is 4.00. The van der Waals surface area contributed by atoms with E-state index in [1.807, 2.05) is 25.1 Å². The Hall–Kier alpha value is -1.85. The van der Waals surface area contributed by atoms with Gasteiger partial charge in [0.25, 0.3) is 10.0 Å². The zero-order valence-electron chi connectivity index (χ0n) is 14.2. The maximum atomic E-state index is 13.1. The highest BCUT2D eigenvalue weighted by Crippen LogP contribution is 2.24. The number of benzene rings is 2. The molecular weight excluding hydrogens is 322 g/mol. The molecular formula is C19H25NO3S. The Labute approximate surface area is 144 Å². The Kier molecular flexibility index (Phi) is 6.40. The van der Waals surface area contributed by atoms with E-state index in [9.17, 15) is 13.5 Å². The van der Waals surface area contributed by atoms with E-state index in [1.54, 1.807) is 36.4 Å². The summed E-state index contributed by atoms with van der Waals surface area (Å²) in [4.78, 5) is 0.245. The number of rotatable bonds is 8. The van der Waals surface area contributed by atoms with Crippen molar-refractivity contribution in [2.24, 2.45) is 0 Å². The lowest BCUT2D eigenvalue weighted by atomic mass is 10.1. The second-order valence-corrected chi connectivity index (χ2v) is 7.69. The average molecular weight is 347 g/mol. The van der Waals surface area contributed by atoms with Gasteiger partial charge in [-0.25, -0.2) is 8.42 Å². The zero-order valence-corrected chi connectivity index (χ0v) is 15.0. The summed E-state index contributed by atoms with van der Waals surface area (Å²) in [7, 11) is -3.72. The summed E-state index contributed by atoms with van der Waals surface area (Å²) < 4.78 is 27.4. The van der Waals surface area contributed by atoms with Gasteiger partial charge in [0.05, 0.1) is 23.2 Å². The SMILES string of the molecule is CCCc1ccc(S(=O)(=O)N(CC(O)CC)c2ccccc2)cc1. The van der Waals surface area contributed by atoms with E-state index < -0.39 is 16.1 Å². The van der Waals surface area contributed by atoms with Gasteiger partial charge in [0.1, 0.15) is 0 Å². The molecule has 0 bridgehead atoms. The van der Waals surface area contributed by atoms with Gasteiger partial charge < -0.3 is 5.11 Å². The molecule has 1 unspecified atom stereocenters. The average Bonchev–Trinajstić information content (AvgIpc) is 2.60. The Morgan fingerprint density at radius 3 is 2.17 bits per heavy atom. The van der Waals surface area contributed by atoms with Gasteiger partial charge in [-0.15, -0.1) is 0 Å². The lowest BCUT2D eigenvalue weighted by molar-refractivity contribution is 0.179. The second-order valence-electron chi connectivity index (χ2n) is 5.83. The molecule has 1 N–H and O–H groups in total. The quantitative estimate of drug-likeness (QED) is 0.794. The maximum Gasteiger partial charge on any atom is 0.264 e. The number of aliphatic hydroxyl groups is 1. The minimum atomic E-state index is -3.72. The van der Waals surface area contributed by atoms with E-state index in [1.165, 1.54) is 4.31 Å². The van der Waals surface area contributed by atoms with Gasteiger partial charge in [0.15, 0.2) is 0 Å². The first kappa shape index (κ1) is 18.5. The smallest absolute Gasteiger partial charge is 0.264 e. The first-order valence-electron chi connectivity index (χ1n) is 8.33. The zero-order chi connectivity index (χ0) is 17.6. The van der Waals surface area contributed by atoms with Crippen LogP contribution >= 0.6 is 0 Å². The molecule has 0 saturated carbocycles. The summed E-state index contributed by atoms with van der Waals surface area (Å²) in [6.07, 6.45) is 1.73. The van der Waals surface area contributed by atoms with Crippen molar-refractivity contribution >= 4 is 15.7 Å². The fraction of sp³-hybridized carbons (Fsp3) is 0.368. The van der Waals surface area contributed by atoms with Crippen molar-refractivity contribution in [3.05, 3.63) is 60.2 Å². The number of nitrogens with zero attached hydrogens (tertiary/aromatic N) is 1. The molecule has 0 aliphatic rings.